The molecule has 2 heterocycles. The quantitative estimate of drug-likeness (QED) is 0.929. The van der Waals surface area contributed by atoms with Crippen LogP contribution in [0.2, 0.25) is 0 Å². The molecule has 1 aromatic carbocycles. The number of aryl methyl sites for hydroxylation is 1. The van der Waals surface area contributed by atoms with Crippen LogP contribution in [0.5, 0.6) is 0 Å². The predicted octanol–water partition coefficient (Wildman–Crippen LogP) is 1.57. The molecule has 23 heavy (non-hydrogen) atoms. The molecule has 0 spiro atoms. The Hall–Kier alpha value is -2.70. The van der Waals surface area contributed by atoms with Gasteiger partial charge in [-0.3, -0.25) is 4.79 Å². The minimum Gasteiger partial charge on any atom is -0.480 e. The lowest BCUT2D eigenvalue weighted by Crippen LogP contribution is -2.40. The molecule has 2 aromatic rings. The molecule has 1 N–H and O–H groups in total. The average molecular weight is 314 g/mol. The lowest BCUT2D eigenvalue weighted by molar-refractivity contribution is -0.141. The Morgan fingerprint density at radius 2 is 1.91 bits per heavy atom. The van der Waals surface area contributed by atoms with Gasteiger partial charge in [-0.1, -0.05) is 22.9 Å². The summed E-state index contributed by atoms with van der Waals surface area (Å²) in [6, 6.07) is 6.95. The summed E-state index contributed by atoms with van der Waals surface area (Å²) in [5, 5.41) is 17.3. The fourth-order valence-corrected chi connectivity index (χ4v) is 2.86. The number of carboxylic acids is 1. The maximum atomic E-state index is 12.6. The zero-order chi connectivity index (χ0) is 16.6. The highest BCUT2D eigenvalue weighted by atomic mass is 16.4. The topological polar surface area (TPSA) is 88.3 Å². The van der Waals surface area contributed by atoms with E-state index in [1.807, 2.05) is 31.2 Å². The molecule has 7 nitrogen and oxygen atoms in total. The van der Waals surface area contributed by atoms with Gasteiger partial charge >= 0.3 is 5.97 Å². The molecular weight excluding hydrogens is 296 g/mol. The summed E-state index contributed by atoms with van der Waals surface area (Å²) in [6.45, 7) is 4.19. The highest BCUT2D eigenvalue weighted by molar-refractivity contribution is 5.96. The Morgan fingerprint density at radius 3 is 2.57 bits per heavy atom. The first-order valence-corrected chi connectivity index (χ1v) is 7.52. The van der Waals surface area contributed by atoms with Crippen molar-refractivity contribution in [3.05, 3.63) is 41.2 Å². The van der Waals surface area contributed by atoms with E-state index in [-0.39, 0.29) is 11.6 Å². The van der Waals surface area contributed by atoms with E-state index in [0.717, 1.165) is 11.3 Å². The molecule has 0 aliphatic carbocycles. The van der Waals surface area contributed by atoms with Crippen molar-refractivity contribution in [1.82, 2.24) is 19.9 Å². The molecule has 3 rings (SSSR count). The van der Waals surface area contributed by atoms with Crippen LogP contribution in [-0.2, 0) is 4.79 Å². The van der Waals surface area contributed by atoms with Crippen LogP contribution < -0.4 is 0 Å². The summed E-state index contributed by atoms with van der Waals surface area (Å²) >= 11 is 0. The summed E-state index contributed by atoms with van der Waals surface area (Å²) in [5.74, 6) is -1.34. The zero-order valence-electron chi connectivity index (χ0n) is 13.1. The lowest BCUT2D eigenvalue weighted by atomic mass is 10.2. The van der Waals surface area contributed by atoms with E-state index in [0.29, 0.717) is 25.1 Å². The van der Waals surface area contributed by atoms with Gasteiger partial charge in [0, 0.05) is 6.54 Å². The third-order valence-corrected chi connectivity index (χ3v) is 4.17. The van der Waals surface area contributed by atoms with Crippen LogP contribution in [0.1, 0.15) is 34.6 Å². The van der Waals surface area contributed by atoms with Gasteiger partial charge in [-0.05, 0) is 38.8 Å². The van der Waals surface area contributed by atoms with E-state index >= 15 is 0 Å². The lowest BCUT2D eigenvalue weighted by Gasteiger charge is -2.20. The Labute approximate surface area is 133 Å². The van der Waals surface area contributed by atoms with Gasteiger partial charge in [-0.25, -0.2) is 9.48 Å². The molecule has 1 aliphatic heterocycles. The number of carboxylic acid groups (broad SMARTS) is 1. The van der Waals surface area contributed by atoms with Crippen LogP contribution in [0.4, 0.5) is 0 Å². The van der Waals surface area contributed by atoms with Gasteiger partial charge in [0.1, 0.15) is 6.04 Å². The van der Waals surface area contributed by atoms with E-state index in [4.69, 9.17) is 0 Å². The molecule has 0 saturated carbocycles. The number of hydrogen-bond donors (Lipinski definition) is 1. The van der Waals surface area contributed by atoms with Gasteiger partial charge in [-0.2, -0.15) is 0 Å². The van der Waals surface area contributed by atoms with Gasteiger partial charge in [0.25, 0.3) is 5.91 Å². The number of amides is 1. The Kier molecular flexibility index (Phi) is 3.85. The maximum Gasteiger partial charge on any atom is 0.326 e. The van der Waals surface area contributed by atoms with Crippen LogP contribution in [0.3, 0.4) is 0 Å². The number of carbonyl (C=O) groups excluding carboxylic acids is 1. The van der Waals surface area contributed by atoms with E-state index < -0.39 is 12.0 Å². The van der Waals surface area contributed by atoms with Gasteiger partial charge < -0.3 is 10.0 Å². The molecule has 7 heteroatoms. The van der Waals surface area contributed by atoms with Gasteiger partial charge in [0.05, 0.1) is 11.4 Å². The summed E-state index contributed by atoms with van der Waals surface area (Å²) in [5.41, 5.74) is 2.76. The standard InChI is InChI=1S/C16H18N4O3/c1-10-5-7-12(8-6-10)20-11(2)14(17-18-20)15(21)19-9-3-4-13(19)16(22)23/h5-8,13H,3-4,9H2,1-2H3,(H,22,23). The first kappa shape index (κ1) is 15.2. The predicted molar refractivity (Wildman–Crippen MR) is 82.5 cm³/mol. The molecule has 1 aromatic heterocycles. The largest absolute Gasteiger partial charge is 0.480 e. The summed E-state index contributed by atoms with van der Waals surface area (Å²) in [7, 11) is 0. The zero-order valence-corrected chi connectivity index (χ0v) is 13.1. The number of likely N-dealkylation sites (tertiary alicyclic amines) is 1. The Morgan fingerprint density at radius 1 is 1.22 bits per heavy atom. The number of nitrogens with zero attached hydrogens (tertiary/aromatic N) is 4. The molecule has 0 bridgehead atoms. The van der Waals surface area contributed by atoms with E-state index in [1.54, 1.807) is 11.6 Å². The third kappa shape index (κ3) is 2.69. The smallest absolute Gasteiger partial charge is 0.326 e. The number of carbonyl (C=O) groups is 2. The normalized spacial score (nSPS) is 17.5. The van der Waals surface area contributed by atoms with Crippen molar-refractivity contribution in [2.24, 2.45) is 0 Å². The van der Waals surface area contributed by atoms with Crippen molar-refractivity contribution in [2.45, 2.75) is 32.7 Å². The molecule has 1 fully saturated rings. The van der Waals surface area contributed by atoms with Crippen molar-refractivity contribution >= 4 is 11.9 Å². The van der Waals surface area contributed by atoms with Crippen LogP contribution in [0, 0.1) is 13.8 Å². The van der Waals surface area contributed by atoms with Crippen LogP contribution in [-0.4, -0.2) is 49.5 Å². The van der Waals surface area contributed by atoms with Crippen LogP contribution in [0.25, 0.3) is 5.69 Å². The number of hydrogen-bond acceptors (Lipinski definition) is 4. The second-order valence-electron chi connectivity index (χ2n) is 5.77. The van der Waals surface area contributed by atoms with Crippen LogP contribution in [0.15, 0.2) is 24.3 Å². The minimum absolute atomic E-state index is 0.207. The number of aliphatic carboxylic acids is 1. The second kappa shape index (κ2) is 5.83. The molecular formula is C16H18N4O3. The van der Waals surface area contributed by atoms with Crippen molar-refractivity contribution in [2.75, 3.05) is 6.54 Å². The minimum atomic E-state index is -0.973. The van der Waals surface area contributed by atoms with Crippen molar-refractivity contribution < 1.29 is 14.7 Å². The van der Waals surface area contributed by atoms with Gasteiger partial charge in [0.2, 0.25) is 0 Å². The van der Waals surface area contributed by atoms with Gasteiger partial charge in [-0.15, -0.1) is 5.10 Å². The van der Waals surface area contributed by atoms with E-state index in [2.05, 4.69) is 10.3 Å². The maximum absolute atomic E-state index is 12.6. The molecule has 1 aliphatic rings. The van der Waals surface area contributed by atoms with Crippen molar-refractivity contribution in [3.63, 3.8) is 0 Å². The number of aromatic nitrogens is 3. The average Bonchev–Trinajstić information content (AvgIpc) is 3.14. The molecule has 120 valence electrons. The molecule has 1 unspecified atom stereocenters. The van der Waals surface area contributed by atoms with Crippen molar-refractivity contribution in [3.8, 4) is 5.69 Å². The van der Waals surface area contributed by atoms with E-state index in [9.17, 15) is 14.7 Å². The third-order valence-electron chi connectivity index (χ3n) is 4.17. The molecule has 1 amide bonds. The Bertz CT molecular complexity index is 751. The second-order valence-corrected chi connectivity index (χ2v) is 5.77. The molecule has 1 saturated heterocycles. The monoisotopic (exact) mass is 314 g/mol. The fraction of sp³-hybridized carbons (Fsp3) is 0.375. The number of rotatable bonds is 3. The van der Waals surface area contributed by atoms with Crippen LogP contribution >= 0.6 is 0 Å². The molecule has 1 atom stereocenters. The Balaban J connectivity index is 1.91. The van der Waals surface area contributed by atoms with Gasteiger partial charge in [0.15, 0.2) is 5.69 Å². The molecule has 0 radical (unpaired) electrons. The SMILES string of the molecule is Cc1ccc(-n2nnc(C(=O)N3CCCC3C(=O)O)c2C)cc1. The van der Waals surface area contributed by atoms with E-state index in [1.165, 1.54) is 4.90 Å². The summed E-state index contributed by atoms with van der Waals surface area (Å²) in [6.07, 6.45) is 1.17. The fourth-order valence-electron chi connectivity index (χ4n) is 2.86. The number of benzene rings is 1. The summed E-state index contributed by atoms with van der Waals surface area (Å²) < 4.78 is 1.60. The summed E-state index contributed by atoms with van der Waals surface area (Å²) in [4.78, 5) is 25.3. The highest BCUT2D eigenvalue weighted by Crippen LogP contribution is 2.21. The van der Waals surface area contributed by atoms with Crippen molar-refractivity contribution in [1.29, 1.82) is 0 Å². The first-order valence-electron chi connectivity index (χ1n) is 7.52. The first-order chi connectivity index (χ1) is 11.0. The highest BCUT2D eigenvalue weighted by Gasteiger charge is 2.36.